The zero-order valence-corrected chi connectivity index (χ0v) is 12.2. The Balaban J connectivity index is 1.91. The third-order valence-corrected chi connectivity index (χ3v) is 4.52. The molecule has 0 bridgehead atoms. The Bertz CT molecular complexity index is 394. The van der Waals surface area contributed by atoms with Gasteiger partial charge in [-0.3, -0.25) is 4.79 Å². The summed E-state index contributed by atoms with van der Waals surface area (Å²) in [5.41, 5.74) is 0. The lowest BCUT2D eigenvalue weighted by molar-refractivity contribution is -0.138. The predicted octanol–water partition coefficient (Wildman–Crippen LogP) is 2.69. The van der Waals surface area contributed by atoms with E-state index in [0.717, 1.165) is 28.2 Å². The van der Waals surface area contributed by atoms with Crippen molar-refractivity contribution in [2.75, 3.05) is 19.7 Å². The van der Waals surface area contributed by atoms with Gasteiger partial charge in [-0.2, -0.15) is 0 Å². The molecule has 0 saturated carbocycles. The molecule has 1 atom stereocenters. The number of morpholine rings is 1. The first-order valence-electron chi connectivity index (χ1n) is 5.82. The number of rotatable bonds is 3. The van der Waals surface area contributed by atoms with Crippen molar-refractivity contribution in [3.05, 3.63) is 20.8 Å². The maximum Gasteiger partial charge on any atom is 0.227 e. The summed E-state index contributed by atoms with van der Waals surface area (Å²) in [5.74, 6) is 0.209. The average Bonchev–Trinajstić information content (AvgIpc) is 2.75. The molecular formula is C12H16BrNO2S. The molecular weight excluding hydrogens is 302 g/mol. The van der Waals surface area contributed by atoms with Crippen LogP contribution in [0.3, 0.4) is 0 Å². The molecule has 5 heteroatoms. The minimum atomic E-state index is 0.209. The van der Waals surface area contributed by atoms with Crippen LogP contribution in [0, 0.1) is 0 Å². The second-order valence-corrected chi connectivity index (χ2v) is 6.67. The normalized spacial score (nSPS) is 20.6. The molecule has 17 heavy (non-hydrogen) atoms. The monoisotopic (exact) mass is 317 g/mol. The molecule has 1 amide bonds. The van der Waals surface area contributed by atoms with Gasteiger partial charge < -0.3 is 9.64 Å². The Morgan fingerprint density at radius 2 is 2.47 bits per heavy atom. The van der Waals surface area contributed by atoms with Crippen molar-refractivity contribution in [3.8, 4) is 0 Å². The van der Waals surface area contributed by atoms with Crippen LogP contribution in [-0.2, 0) is 16.0 Å². The number of nitrogens with zero attached hydrogens (tertiary/aromatic N) is 1. The number of halogens is 1. The van der Waals surface area contributed by atoms with E-state index in [1.165, 1.54) is 0 Å². The van der Waals surface area contributed by atoms with Crippen molar-refractivity contribution in [2.45, 2.75) is 25.9 Å². The largest absolute Gasteiger partial charge is 0.375 e. The maximum atomic E-state index is 12.1. The van der Waals surface area contributed by atoms with E-state index in [1.807, 2.05) is 17.0 Å². The molecule has 1 aliphatic rings. The summed E-state index contributed by atoms with van der Waals surface area (Å²) in [6.45, 7) is 4.22. The van der Waals surface area contributed by atoms with Crippen LogP contribution in [0.4, 0.5) is 0 Å². The first kappa shape index (κ1) is 13.1. The SMILES string of the molecule is CCC1CN(C(=O)Cc2ccc(Br)s2)CCO1. The number of hydrogen-bond donors (Lipinski definition) is 0. The van der Waals surface area contributed by atoms with E-state index in [4.69, 9.17) is 4.74 Å². The summed E-state index contributed by atoms with van der Waals surface area (Å²) < 4.78 is 6.64. The van der Waals surface area contributed by atoms with Gasteiger partial charge in [0.05, 0.1) is 22.9 Å². The highest BCUT2D eigenvalue weighted by atomic mass is 79.9. The van der Waals surface area contributed by atoms with Crippen molar-refractivity contribution in [3.63, 3.8) is 0 Å². The smallest absolute Gasteiger partial charge is 0.227 e. The van der Waals surface area contributed by atoms with Gasteiger partial charge in [0.15, 0.2) is 0 Å². The van der Waals surface area contributed by atoms with Gasteiger partial charge in [-0.1, -0.05) is 6.92 Å². The molecule has 0 radical (unpaired) electrons. The van der Waals surface area contributed by atoms with E-state index < -0.39 is 0 Å². The van der Waals surface area contributed by atoms with Crippen molar-refractivity contribution >= 4 is 33.2 Å². The van der Waals surface area contributed by atoms with Crippen molar-refractivity contribution in [1.82, 2.24) is 4.90 Å². The van der Waals surface area contributed by atoms with Crippen LogP contribution in [0.25, 0.3) is 0 Å². The van der Waals surface area contributed by atoms with Crippen LogP contribution in [0.5, 0.6) is 0 Å². The Labute approximate surface area is 114 Å². The number of carbonyl (C=O) groups excluding carboxylic acids is 1. The first-order chi connectivity index (χ1) is 8.19. The summed E-state index contributed by atoms with van der Waals surface area (Å²) in [7, 11) is 0. The topological polar surface area (TPSA) is 29.5 Å². The molecule has 1 fully saturated rings. The summed E-state index contributed by atoms with van der Waals surface area (Å²) in [6, 6.07) is 3.99. The van der Waals surface area contributed by atoms with Crippen LogP contribution in [0.15, 0.2) is 15.9 Å². The van der Waals surface area contributed by atoms with Crippen LogP contribution in [0.2, 0.25) is 0 Å². The number of thiophene rings is 1. The van der Waals surface area contributed by atoms with Crippen molar-refractivity contribution in [1.29, 1.82) is 0 Å². The molecule has 2 heterocycles. The van der Waals surface area contributed by atoms with Gasteiger partial charge in [0.2, 0.25) is 5.91 Å². The van der Waals surface area contributed by atoms with Gasteiger partial charge in [-0.15, -0.1) is 11.3 Å². The lowest BCUT2D eigenvalue weighted by atomic mass is 10.2. The Hall–Kier alpha value is -0.390. The minimum Gasteiger partial charge on any atom is -0.375 e. The van der Waals surface area contributed by atoms with Crippen LogP contribution in [-0.4, -0.2) is 36.6 Å². The lowest BCUT2D eigenvalue weighted by Crippen LogP contribution is -2.45. The zero-order valence-electron chi connectivity index (χ0n) is 9.82. The Morgan fingerprint density at radius 3 is 3.12 bits per heavy atom. The highest BCUT2D eigenvalue weighted by molar-refractivity contribution is 9.11. The standard InChI is InChI=1S/C12H16BrNO2S/c1-2-9-8-14(5-6-16-9)12(15)7-10-3-4-11(13)17-10/h3-4,9H,2,5-8H2,1H3. The van der Waals surface area contributed by atoms with E-state index in [-0.39, 0.29) is 12.0 Å². The fourth-order valence-electron chi connectivity index (χ4n) is 1.90. The third-order valence-electron chi connectivity index (χ3n) is 2.90. The van der Waals surface area contributed by atoms with Gasteiger partial charge in [0.25, 0.3) is 0 Å². The van der Waals surface area contributed by atoms with Gasteiger partial charge in [-0.05, 0) is 34.5 Å². The first-order valence-corrected chi connectivity index (χ1v) is 7.43. The Kier molecular flexibility index (Phi) is 4.59. The van der Waals surface area contributed by atoms with Gasteiger partial charge in [0.1, 0.15) is 0 Å². The van der Waals surface area contributed by atoms with E-state index in [9.17, 15) is 4.79 Å². The molecule has 0 aliphatic carbocycles. The molecule has 1 aromatic rings. The fraction of sp³-hybridized carbons (Fsp3) is 0.583. The van der Waals surface area contributed by atoms with E-state index in [1.54, 1.807) is 11.3 Å². The van der Waals surface area contributed by atoms with E-state index in [0.29, 0.717) is 13.0 Å². The van der Waals surface area contributed by atoms with Gasteiger partial charge in [0, 0.05) is 18.0 Å². The summed E-state index contributed by atoms with van der Waals surface area (Å²) in [5, 5.41) is 0. The third kappa shape index (κ3) is 3.53. The molecule has 1 aromatic heterocycles. The van der Waals surface area contributed by atoms with Crippen LogP contribution >= 0.6 is 27.3 Å². The van der Waals surface area contributed by atoms with E-state index in [2.05, 4.69) is 22.9 Å². The number of ether oxygens (including phenoxy) is 1. The average molecular weight is 318 g/mol. The number of carbonyl (C=O) groups is 1. The fourth-order valence-corrected chi connectivity index (χ4v) is 3.37. The van der Waals surface area contributed by atoms with E-state index >= 15 is 0 Å². The molecule has 3 nitrogen and oxygen atoms in total. The summed E-state index contributed by atoms with van der Waals surface area (Å²) >= 11 is 5.04. The molecule has 94 valence electrons. The Morgan fingerprint density at radius 1 is 1.65 bits per heavy atom. The minimum absolute atomic E-state index is 0.209. The second kappa shape index (κ2) is 5.98. The summed E-state index contributed by atoms with van der Waals surface area (Å²) in [4.78, 5) is 15.1. The van der Waals surface area contributed by atoms with Crippen molar-refractivity contribution < 1.29 is 9.53 Å². The molecule has 1 saturated heterocycles. The van der Waals surface area contributed by atoms with Crippen molar-refractivity contribution in [2.24, 2.45) is 0 Å². The number of amides is 1. The molecule has 0 aromatic carbocycles. The van der Waals surface area contributed by atoms with Crippen LogP contribution < -0.4 is 0 Å². The van der Waals surface area contributed by atoms with Gasteiger partial charge >= 0.3 is 0 Å². The van der Waals surface area contributed by atoms with Gasteiger partial charge in [-0.25, -0.2) is 0 Å². The quantitative estimate of drug-likeness (QED) is 0.857. The highest BCUT2D eigenvalue weighted by Gasteiger charge is 2.23. The lowest BCUT2D eigenvalue weighted by Gasteiger charge is -2.32. The predicted molar refractivity (Wildman–Crippen MR) is 72.3 cm³/mol. The molecule has 0 N–H and O–H groups in total. The molecule has 1 unspecified atom stereocenters. The zero-order chi connectivity index (χ0) is 12.3. The molecule has 1 aliphatic heterocycles. The highest BCUT2D eigenvalue weighted by Crippen LogP contribution is 2.23. The second-order valence-electron chi connectivity index (χ2n) is 4.12. The summed E-state index contributed by atoms with van der Waals surface area (Å²) in [6.07, 6.45) is 1.68. The maximum absolute atomic E-state index is 12.1. The number of hydrogen-bond acceptors (Lipinski definition) is 3. The molecule has 0 spiro atoms. The van der Waals surface area contributed by atoms with Crippen LogP contribution in [0.1, 0.15) is 18.2 Å². The molecule has 2 rings (SSSR count).